The summed E-state index contributed by atoms with van der Waals surface area (Å²) in [7, 11) is 0. The highest BCUT2D eigenvalue weighted by molar-refractivity contribution is 5.95. The molecular weight excluding hydrogens is 423 g/mol. The minimum absolute atomic E-state index is 0.0692. The van der Waals surface area contributed by atoms with Gasteiger partial charge in [-0.1, -0.05) is 18.2 Å². The van der Waals surface area contributed by atoms with Gasteiger partial charge in [0.1, 0.15) is 0 Å². The number of hydrogen-bond donors (Lipinski definition) is 2. The molecule has 1 aliphatic rings. The molecule has 0 atom stereocenters. The number of carbonyl (C=O) groups is 1. The number of benzene rings is 1. The highest BCUT2D eigenvalue weighted by Gasteiger charge is 2.29. The van der Waals surface area contributed by atoms with Gasteiger partial charge in [0.15, 0.2) is 12.6 Å². The fourth-order valence-corrected chi connectivity index (χ4v) is 3.23. The van der Waals surface area contributed by atoms with E-state index in [1.165, 1.54) is 6.20 Å². The maximum absolute atomic E-state index is 12.5. The van der Waals surface area contributed by atoms with Crippen LogP contribution >= 0.6 is 0 Å². The van der Waals surface area contributed by atoms with Crippen molar-refractivity contribution in [2.24, 2.45) is 4.99 Å². The van der Waals surface area contributed by atoms with Gasteiger partial charge in [0, 0.05) is 43.5 Å². The van der Waals surface area contributed by atoms with E-state index < -0.39 is 12.8 Å². The molecule has 1 aliphatic heterocycles. The summed E-state index contributed by atoms with van der Waals surface area (Å²) >= 11 is 0. The summed E-state index contributed by atoms with van der Waals surface area (Å²) in [5.74, 6) is 0.584. The van der Waals surface area contributed by atoms with Gasteiger partial charge in [-0.25, -0.2) is 9.98 Å². The van der Waals surface area contributed by atoms with Crippen molar-refractivity contribution >= 4 is 17.6 Å². The number of carbonyl (C=O) groups excluding carboxylic acids is 1. The lowest BCUT2D eigenvalue weighted by Gasteiger charge is -2.16. The number of ether oxygens (including phenoxy) is 1. The summed E-state index contributed by atoms with van der Waals surface area (Å²) in [5, 5.41) is 6.20. The van der Waals surface area contributed by atoms with Crippen molar-refractivity contribution in [2.75, 3.05) is 24.6 Å². The Morgan fingerprint density at radius 2 is 2.00 bits per heavy atom. The Balaban J connectivity index is 1.60. The molecule has 0 spiro atoms. The number of aliphatic imine (C=N–C) groups is 1. The minimum atomic E-state index is -4.43. The predicted molar refractivity (Wildman–Crippen MR) is 115 cm³/mol. The summed E-state index contributed by atoms with van der Waals surface area (Å²) < 4.78 is 42.2. The summed E-state index contributed by atoms with van der Waals surface area (Å²) in [4.78, 5) is 22.1. The lowest BCUT2D eigenvalue weighted by molar-refractivity contribution is -0.154. The molecule has 7 nitrogen and oxygen atoms in total. The summed E-state index contributed by atoms with van der Waals surface area (Å²) in [6.45, 7) is 2.47. The first kappa shape index (κ1) is 23.4. The second-order valence-corrected chi connectivity index (χ2v) is 7.24. The zero-order valence-electron chi connectivity index (χ0n) is 17.8. The predicted octanol–water partition coefficient (Wildman–Crippen LogP) is 3.40. The quantitative estimate of drug-likeness (QED) is 0.477. The lowest BCUT2D eigenvalue weighted by Crippen LogP contribution is -2.37. The van der Waals surface area contributed by atoms with Crippen LogP contribution in [0.4, 0.5) is 18.9 Å². The number of halogens is 3. The Morgan fingerprint density at radius 1 is 1.22 bits per heavy atom. The number of nitrogens with one attached hydrogen (secondary N) is 2. The molecule has 0 bridgehead atoms. The number of pyridine rings is 1. The van der Waals surface area contributed by atoms with Crippen LogP contribution in [0.1, 0.15) is 30.9 Å². The molecule has 0 saturated carbocycles. The maximum Gasteiger partial charge on any atom is 0.422 e. The van der Waals surface area contributed by atoms with Crippen LogP contribution in [0.2, 0.25) is 0 Å². The Bertz CT molecular complexity index is 932. The van der Waals surface area contributed by atoms with E-state index in [2.05, 4.69) is 20.6 Å². The standard InChI is InChI=1S/C22H26F3N5O2/c1-2-26-21(29-14-17-5-3-11-27-20(17)32-15-22(23,24)25)28-13-16-7-9-18(10-8-16)30-12-4-6-19(30)31/h3,5,7-11H,2,4,6,12-15H2,1H3,(H2,26,28,29). The fourth-order valence-electron chi connectivity index (χ4n) is 3.23. The lowest BCUT2D eigenvalue weighted by atomic mass is 10.2. The molecule has 3 rings (SSSR count). The van der Waals surface area contributed by atoms with E-state index in [1.807, 2.05) is 31.2 Å². The van der Waals surface area contributed by atoms with Crippen molar-refractivity contribution < 1.29 is 22.7 Å². The van der Waals surface area contributed by atoms with Gasteiger partial charge in [-0.3, -0.25) is 4.79 Å². The van der Waals surface area contributed by atoms with Crippen LogP contribution in [0, 0.1) is 0 Å². The van der Waals surface area contributed by atoms with Gasteiger partial charge in [0.2, 0.25) is 11.8 Å². The van der Waals surface area contributed by atoms with Crippen LogP contribution < -0.4 is 20.3 Å². The van der Waals surface area contributed by atoms with Crippen LogP contribution in [0.3, 0.4) is 0 Å². The van der Waals surface area contributed by atoms with E-state index in [9.17, 15) is 18.0 Å². The highest BCUT2D eigenvalue weighted by atomic mass is 19.4. The summed E-state index contributed by atoms with van der Waals surface area (Å²) in [6.07, 6.45) is -1.59. The fraction of sp³-hybridized carbons (Fsp3) is 0.409. The first-order valence-corrected chi connectivity index (χ1v) is 10.4. The average Bonchev–Trinajstić information content (AvgIpc) is 3.20. The Morgan fingerprint density at radius 3 is 2.66 bits per heavy atom. The van der Waals surface area contributed by atoms with E-state index in [0.29, 0.717) is 31.0 Å². The molecule has 1 amide bonds. The van der Waals surface area contributed by atoms with Crippen LogP contribution in [0.25, 0.3) is 0 Å². The van der Waals surface area contributed by atoms with E-state index in [-0.39, 0.29) is 18.3 Å². The Kier molecular flexibility index (Phi) is 7.91. The number of amides is 1. The largest absolute Gasteiger partial charge is 0.468 e. The molecule has 1 saturated heterocycles. The normalized spacial score (nSPS) is 14.6. The zero-order chi connectivity index (χ0) is 23.0. The molecule has 0 unspecified atom stereocenters. The van der Waals surface area contributed by atoms with Gasteiger partial charge in [-0.2, -0.15) is 13.2 Å². The van der Waals surface area contributed by atoms with Gasteiger partial charge in [0.05, 0.1) is 6.54 Å². The van der Waals surface area contributed by atoms with Gasteiger partial charge in [0.25, 0.3) is 0 Å². The molecule has 1 fully saturated rings. The highest BCUT2D eigenvalue weighted by Crippen LogP contribution is 2.22. The van der Waals surface area contributed by atoms with Crippen LogP contribution in [0.5, 0.6) is 5.88 Å². The number of anilines is 1. The molecule has 172 valence electrons. The van der Waals surface area contributed by atoms with Crippen molar-refractivity contribution in [2.45, 2.75) is 39.0 Å². The second-order valence-electron chi connectivity index (χ2n) is 7.24. The Labute approximate surface area is 184 Å². The van der Waals surface area contributed by atoms with Crippen molar-refractivity contribution in [3.05, 3.63) is 53.7 Å². The molecule has 10 heteroatoms. The molecular formula is C22H26F3N5O2. The molecule has 1 aromatic heterocycles. The molecule has 1 aromatic carbocycles. The number of guanidine groups is 1. The molecule has 0 radical (unpaired) electrons. The smallest absolute Gasteiger partial charge is 0.422 e. The van der Waals surface area contributed by atoms with Crippen molar-refractivity contribution in [1.29, 1.82) is 0 Å². The molecule has 2 aromatic rings. The Hall–Kier alpha value is -3.30. The number of alkyl halides is 3. The summed E-state index contributed by atoms with van der Waals surface area (Å²) in [5.41, 5.74) is 2.34. The monoisotopic (exact) mass is 449 g/mol. The van der Waals surface area contributed by atoms with Gasteiger partial charge in [-0.05, 0) is 37.1 Å². The van der Waals surface area contributed by atoms with Crippen molar-refractivity contribution in [3.63, 3.8) is 0 Å². The molecule has 0 aliphatic carbocycles. The van der Waals surface area contributed by atoms with Crippen LogP contribution in [0.15, 0.2) is 47.6 Å². The topological polar surface area (TPSA) is 78.9 Å². The van der Waals surface area contributed by atoms with E-state index >= 15 is 0 Å². The zero-order valence-corrected chi connectivity index (χ0v) is 17.8. The van der Waals surface area contributed by atoms with Crippen molar-refractivity contribution in [3.8, 4) is 5.88 Å². The van der Waals surface area contributed by atoms with E-state index in [4.69, 9.17) is 4.74 Å². The van der Waals surface area contributed by atoms with E-state index in [1.54, 1.807) is 17.0 Å². The van der Waals surface area contributed by atoms with E-state index in [0.717, 1.165) is 24.2 Å². The molecule has 32 heavy (non-hydrogen) atoms. The first-order chi connectivity index (χ1) is 15.4. The van der Waals surface area contributed by atoms with Crippen LogP contribution in [-0.2, 0) is 17.9 Å². The summed E-state index contributed by atoms with van der Waals surface area (Å²) in [6, 6.07) is 11.0. The molecule has 2 heterocycles. The third-order valence-corrected chi connectivity index (χ3v) is 4.75. The third kappa shape index (κ3) is 6.86. The third-order valence-electron chi connectivity index (χ3n) is 4.75. The number of hydrogen-bond acceptors (Lipinski definition) is 4. The van der Waals surface area contributed by atoms with Crippen LogP contribution in [-0.4, -0.2) is 42.7 Å². The average molecular weight is 449 g/mol. The van der Waals surface area contributed by atoms with Gasteiger partial charge >= 0.3 is 6.18 Å². The van der Waals surface area contributed by atoms with Gasteiger partial charge in [-0.15, -0.1) is 0 Å². The van der Waals surface area contributed by atoms with Gasteiger partial charge < -0.3 is 20.3 Å². The van der Waals surface area contributed by atoms with Crippen molar-refractivity contribution in [1.82, 2.24) is 15.6 Å². The molecule has 2 N–H and O–H groups in total. The minimum Gasteiger partial charge on any atom is -0.468 e. The maximum atomic E-state index is 12.5. The number of nitrogens with zero attached hydrogens (tertiary/aromatic N) is 3. The number of aromatic nitrogens is 1. The first-order valence-electron chi connectivity index (χ1n) is 10.4. The SMILES string of the molecule is CCNC(=NCc1ccc(N2CCCC2=O)cc1)NCc1cccnc1OCC(F)(F)F. The number of rotatable bonds is 8. The second kappa shape index (κ2) is 10.8.